The molecule has 1 aromatic carbocycles. The first-order valence-corrected chi connectivity index (χ1v) is 15.0. The minimum absolute atomic E-state index is 0.0985. The molecule has 5 rings (SSSR count). The average Bonchev–Trinajstić information content (AvgIpc) is 3.47. The monoisotopic (exact) mass is 600 g/mol. The van der Waals surface area contributed by atoms with Gasteiger partial charge in [0.2, 0.25) is 11.7 Å². The zero-order chi connectivity index (χ0) is 30.5. The molecule has 0 bridgehead atoms. The Kier molecular flexibility index (Phi) is 9.37. The Morgan fingerprint density at radius 3 is 2.60 bits per heavy atom. The van der Waals surface area contributed by atoms with Gasteiger partial charge in [0.25, 0.3) is 5.56 Å². The van der Waals surface area contributed by atoms with Gasteiger partial charge in [0.1, 0.15) is 17.5 Å². The number of amidine groups is 1. The van der Waals surface area contributed by atoms with Crippen molar-refractivity contribution >= 4 is 40.8 Å². The SMILES string of the molecule is C=Cc1cc(-c2ccc(-c3noc(C)n3)cc2Cl)c(=O)n(CC)c1N=C(Nc1ccc(N2CCNCC2)nc1)C(C)CC. The first-order valence-electron chi connectivity index (χ1n) is 14.6. The molecule has 1 atom stereocenters. The van der Waals surface area contributed by atoms with Crippen molar-refractivity contribution in [3.05, 3.63) is 76.0 Å². The summed E-state index contributed by atoms with van der Waals surface area (Å²) in [6, 6.07) is 11.2. The number of pyridine rings is 2. The van der Waals surface area contributed by atoms with E-state index in [1.54, 1.807) is 35.8 Å². The molecule has 4 heterocycles. The highest BCUT2D eigenvalue weighted by molar-refractivity contribution is 6.33. The summed E-state index contributed by atoms with van der Waals surface area (Å²) in [4.78, 5) is 30.2. The Labute approximate surface area is 256 Å². The second-order valence-electron chi connectivity index (χ2n) is 10.5. The van der Waals surface area contributed by atoms with Gasteiger partial charge < -0.3 is 20.1 Å². The molecule has 11 heteroatoms. The number of hydrogen-bond donors (Lipinski definition) is 2. The summed E-state index contributed by atoms with van der Waals surface area (Å²) in [6.45, 7) is 16.1. The number of rotatable bonds is 9. The molecular formula is C32H37ClN8O2. The summed E-state index contributed by atoms with van der Waals surface area (Å²) < 4.78 is 6.76. The molecule has 224 valence electrons. The number of aryl methyl sites for hydroxylation is 1. The van der Waals surface area contributed by atoms with Crippen LogP contribution in [-0.4, -0.2) is 51.7 Å². The lowest BCUT2D eigenvalue weighted by Crippen LogP contribution is -2.43. The summed E-state index contributed by atoms with van der Waals surface area (Å²) in [5.41, 5.74) is 3.13. The summed E-state index contributed by atoms with van der Waals surface area (Å²) >= 11 is 6.71. The topological polar surface area (TPSA) is 113 Å². The molecule has 1 aliphatic rings. The van der Waals surface area contributed by atoms with Crippen LogP contribution in [0.25, 0.3) is 28.6 Å². The lowest BCUT2D eigenvalue weighted by Gasteiger charge is -2.28. The number of piperazine rings is 1. The first kappa shape index (κ1) is 30.2. The molecule has 0 amide bonds. The van der Waals surface area contributed by atoms with Crippen LogP contribution in [0.1, 0.15) is 38.6 Å². The second-order valence-corrected chi connectivity index (χ2v) is 10.9. The summed E-state index contributed by atoms with van der Waals surface area (Å²) in [5.74, 6) is 3.23. The highest BCUT2D eigenvalue weighted by Crippen LogP contribution is 2.33. The fourth-order valence-corrected chi connectivity index (χ4v) is 5.27. The van der Waals surface area contributed by atoms with Crippen molar-refractivity contribution in [1.82, 2.24) is 25.0 Å². The van der Waals surface area contributed by atoms with Crippen LogP contribution in [0.4, 0.5) is 17.3 Å². The van der Waals surface area contributed by atoms with E-state index in [9.17, 15) is 4.79 Å². The maximum absolute atomic E-state index is 13.9. The Balaban J connectivity index is 1.51. The minimum atomic E-state index is -0.192. The van der Waals surface area contributed by atoms with Crippen LogP contribution in [0.5, 0.6) is 0 Å². The number of anilines is 2. The molecule has 0 radical (unpaired) electrons. The smallest absolute Gasteiger partial charge is 0.260 e. The van der Waals surface area contributed by atoms with Crippen molar-refractivity contribution in [3.63, 3.8) is 0 Å². The third-order valence-electron chi connectivity index (χ3n) is 7.64. The molecular weight excluding hydrogens is 564 g/mol. The largest absolute Gasteiger partial charge is 0.354 e. The number of nitrogens with zero attached hydrogens (tertiary/aromatic N) is 6. The molecule has 2 N–H and O–H groups in total. The molecule has 0 saturated carbocycles. The van der Waals surface area contributed by atoms with Crippen LogP contribution < -0.4 is 21.1 Å². The van der Waals surface area contributed by atoms with E-state index in [4.69, 9.17) is 26.1 Å². The fraction of sp³-hybridized carbons (Fsp3) is 0.344. The number of halogens is 1. The molecule has 4 aromatic rings. The predicted molar refractivity (Wildman–Crippen MR) is 174 cm³/mol. The average molecular weight is 601 g/mol. The zero-order valence-electron chi connectivity index (χ0n) is 25.0. The highest BCUT2D eigenvalue weighted by Gasteiger charge is 2.19. The van der Waals surface area contributed by atoms with Gasteiger partial charge in [0, 0.05) is 72.8 Å². The van der Waals surface area contributed by atoms with Crippen molar-refractivity contribution in [2.24, 2.45) is 10.9 Å². The predicted octanol–water partition coefficient (Wildman–Crippen LogP) is 6.18. The maximum Gasteiger partial charge on any atom is 0.260 e. The normalized spacial score (nSPS) is 14.5. The van der Waals surface area contributed by atoms with Crippen LogP contribution in [-0.2, 0) is 6.54 Å². The lowest BCUT2D eigenvalue weighted by molar-refractivity contribution is 0.394. The molecule has 0 aliphatic carbocycles. The Morgan fingerprint density at radius 2 is 2.00 bits per heavy atom. The molecule has 1 aliphatic heterocycles. The van der Waals surface area contributed by atoms with E-state index < -0.39 is 0 Å². The molecule has 3 aromatic heterocycles. The number of aliphatic imine (C=N–C) groups is 1. The van der Waals surface area contributed by atoms with E-state index in [0.717, 1.165) is 55.5 Å². The summed E-state index contributed by atoms with van der Waals surface area (Å²) in [5, 5.41) is 11.2. The third-order valence-corrected chi connectivity index (χ3v) is 7.95. The molecule has 0 spiro atoms. The van der Waals surface area contributed by atoms with E-state index >= 15 is 0 Å². The van der Waals surface area contributed by atoms with Crippen molar-refractivity contribution in [3.8, 4) is 22.5 Å². The zero-order valence-corrected chi connectivity index (χ0v) is 25.8. The van der Waals surface area contributed by atoms with Gasteiger partial charge in [-0.2, -0.15) is 4.98 Å². The highest BCUT2D eigenvalue weighted by atomic mass is 35.5. The van der Waals surface area contributed by atoms with Crippen molar-refractivity contribution < 1.29 is 4.52 Å². The Morgan fingerprint density at radius 1 is 1.21 bits per heavy atom. The Bertz CT molecular complexity index is 1690. The van der Waals surface area contributed by atoms with Gasteiger partial charge in [-0.05, 0) is 37.6 Å². The quantitative estimate of drug-likeness (QED) is 0.173. The maximum atomic E-state index is 13.9. The Hall–Kier alpha value is -4.28. The van der Waals surface area contributed by atoms with E-state index in [1.807, 2.05) is 31.3 Å². The summed E-state index contributed by atoms with van der Waals surface area (Å²) in [7, 11) is 0. The van der Waals surface area contributed by atoms with Crippen molar-refractivity contribution in [2.45, 2.75) is 40.7 Å². The lowest BCUT2D eigenvalue weighted by atomic mass is 10.0. The van der Waals surface area contributed by atoms with E-state index in [2.05, 4.69) is 46.1 Å². The second kappa shape index (κ2) is 13.4. The van der Waals surface area contributed by atoms with Crippen molar-refractivity contribution in [2.75, 3.05) is 36.4 Å². The van der Waals surface area contributed by atoms with Gasteiger partial charge in [-0.3, -0.25) is 9.36 Å². The van der Waals surface area contributed by atoms with Crippen LogP contribution in [0.2, 0.25) is 5.02 Å². The molecule has 1 saturated heterocycles. The van der Waals surface area contributed by atoms with E-state index in [1.165, 1.54) is 0 Å². The van der Waals surface area contributed by atoms with Crippen LogP contribution in [0, 0.1) is 12.8 Å². The number of benzene rings is 1. The standard InChI is InChI=1S/C32H37ClN8O2/c1-6-20(4)29(37-24-10-12-28(35-19-24)40-15-13-34-14-16-40)38-31-22(7-2)17-26(32(42)41(31)8-3)25-11-9-23(18-27(25)33)30-36-21(5)43-39-30/h7,9-12,17-20,34H,2,6,8,13-16H2,1,3-5H3,(H,37,38). The van der Waals surface area contributed by atoms with Gasteiger partial charge in [-0.15, -0.1) is 0 Å². The van der Waals surface area contributed by atoms with Crippen molar-refractivity contribution in [1.29, 1.82) is 0 Å². The number of hydrogen-bond acceptors (Lipinski definition) is 8. The van der Waals surface area contributed by atoms with Gasteiger partial charge in [0.05, 0.1) is 11.9 Å². The van der Waals surface area contributed by atoms with Crippen LogP contribution in [0.3, 0.4) is 0 Å². The molecule has 10 nitrogen and oxygen atoms in total. The molecule has 43 heavy (non-hydrogen) atoms. The third kappa shape index (κ3) is 6.55. The van der Waals surface area contributed by atoms with Gasteiger partial charge in [0.15, 0.2) is 0 Å². The fourth-order valence-electron chi connectivity index (χ4n) is 4.99. The van der Waals surface area contributed by atoms with Gasteiger partial charge >= 0.3 is 0 Å². The summed E-state index contributed by atoms with van der Waals surface area (Å²) in [6.07, 6.45) is 4.41. The number of nitrogens with one attached hydrogen (secondary N) is 2. The first-order chi connectivity index (χ1) is 20.8. The minimum Gasteiger partial charge on any atom is -0.354 e. The van der Waals surface area contributed by atoms with Crippen LogP contribution in [0.15, 0.2) is 63.5 Å². The van der Waals surface area contributed by atoms with Gasteiger partial charge in [-0.25, -0.2) is 9.98 Å². The van der Waals surface area contributed by atoms with Gasteiger partial charge in [-0.1, -0.05) is 55.4 Å². The van der Waals surface area contributed by atoms with Crippen LogP contribution >= 0.6 is 11.6 Å². The number of aromatic nitrogens is 4. The van der Waals surface area contributed by atoms with E-state index in [0.29, 0.717) is 45.8 Å². The molecule has 1 unspecified atom stereocenters. The molecule has 1 fully saturated rings. The van der Waals surface area contributed by atoms with E-state index in [-0.39, 0.29) is 11.5 Å².